The van der Waals surface area contributed by atoms with Crippen LogP contribution in [0.15, 0.2) is 0 Å². The molecule has 0 aromatic rings. The number of ether oxygens (including phenoxy) is 1. The van der Waals surface area contributed by atoms with Crippen molar-refractivity contribution in [3.63, 3.8) is 0 Å². The number of primary sulfonamides is 1. The number of rotatable bonds is 3. The molecule has 72 valence electrons. The van der Waals surface area contributed by atoms with Crippen LogP contribution in [0.5, 0.6) is 0 Å². The number of sulfonamides is 1. The Balaban J connectivity index is 2.22. The van der Waals surface area contributed by atoms with Gasteiger partial charge in [-0.3, -0.25) is 0 Å². The van der Waals surface area contributed by atoms with Crippen molar-refractivity contribution in [1.29, 1.82) is 0 Å². The largest absolute Gasteiger partial charge is 0.381 e. The first kappa shape index (κ1) is 9.95. The Bertz CT molecular complexity index is 219. The third-order valence-electron chi connectivity index (χ3n) is 2.15. The molecule has 0 atom stereocenters. The van der Waals surface area contributed by atoms with E-state index in [-0.39, 0.29) is 5.75 Å². The lowest BCUT2D eigenvalue weighted by Gasteiger charge is -2.21. The molecule has 2 N–H and O–H groups in total. The Morgan fingerprint density at radius 3 is 2.42 bits per heavy atom. The van der Waals surface area contributed by atoms with Gasteiger partial charge in [0.15, 0.2) is 0 Å². The number of nitrogens with two attached hydrogens (primary N) is 1. The van der Waals surface area contributed by atoms with Crippen molar-refractivity contribution in [2.45, 2.75) is 19.3 Å². The first-order chi connectivity index (χ1) is 5.58. The summed E-state index contributed by atoms with van der Waals surface area (Å²) in [5.41, 5.74) is 0. The van der Waals surface area contributed by atoms with Gasteiger partial charge in [0.1, 0.15) is 0 Å². The Morgan fingerprint density at radius 2 is 1.92 bits per heavy atom. The first-order valence-electron chi connectivity index (χ1n) is 4.16. The van der Waals surface area contributed by atoms with Crippen LogP contribution in [0.1, 0.15) is 19.3 Å². The van der Waals surface area contributed by atoms with Crippen LogP contribution >= 0.6 is 0 Å². The van der Waals surface area contributed by atoms with E-state index in [2.05, 4.69) is 0 Å². The summed E-state index contributed by atoms with van der Waals surface area (Å²) in [7, 11) is -3.26. The fourth-order valence-electron chi connectivity index (χ4n) is 1.37. The van der Waals surface area contributed by atoms with E-state index in [9.17, 15) is 8.42 Å². The van der Waals surface area contributed by atoms with Gasteiger partial charge in [0, 0.05) is 13.2 Å². The normalized spacial score (nSPS) is 21.1. The predicted octanol–water partition coefficient (Wildman–Crippen LogP) is 0.0916. The summed E-state index contributed by atoms with van der Waals surface area (Å²) in [4.78, 5) is 0. The molecule has 1 rings (SSSR count). The average molecular weight is 193 g/mol. The average Bonchev–Trinajstić information content (AvgIpc) is 2.02. The van der Waals surface area contributed by atoms with E-state index >= 15 is 0 Å². The minimum atomic E-state index is -3.26. The quantitative estimate of drug-likeness (QED) is 0.690. The second-order valence-corrected chi connectivity index (χ2v) is 4.95. The summed E-state index contributed by atoms with van der Waals surface area (Å²) in [6.07, 6.45) is 2.62. The monoisotopic (exact) mass is 193 g/mol. The Labute approximate surface area is 73.1 Å². The van der Waals surface area contributed by atoms with Crippen molar-refractivity contribution in [3.05, 3.63) is 0 Å². The van der Waals surface area contributed by atoms with E-state index in [0.29, 0.717) is 12.3 Å². The van der Waals surface area contributed by atoms with E-state index in [4.69, 9.17) is 9.88 Å². The summed E-state index contributed by atoms with van der Waals surface area (Å²) < 4.78 is 26.4. The van der Waals surface area contributed by atoms with Crippen LogP contribution < -0.4 is 5.14 Å². The molecule has 1 aliphatic rings. The lowest BCUT2D eigenvalue weighted by atomic mass is 9.98. The van der Waals surface area contributed by atoms with Gasteiger partial charge in [-0.25, -0.2) is 13.6 Å². The highest BCUT2D eigenvalue weighted by Crippen LogP contribution is 2.18. The Kier molecular flexibility index (Phi) is 3.49. The summed E-state index contributed by atoms with van der Waals surface area (Å²) in [6, 6.07) is 0. The van der Waals surface area contributed by atoms with Gasteiger partial charge >= 0.3 is 0 Å². The molecule has 5 heteroatoms. The zero-order chi connectivity index (χ0) is 9.03. The maximum Gasteiger partial charge on any atom is 0.209 e. The van der Waals surface area contributed by atoms with Crippen LogP contribution in [0.25, 0.3) is 0 Å². The zero-order valence-corrected chi connectivity index (χ0v) is 7.85. The highest BCUT2D eigenvalue weighted by atomic mass is 32.2. The molecule has 1 aliphatic heterocycles. The maximum atomic E-state index is 10.6. The van der Waals surface area contributed by atoms with Crippen molar-refractivity contribution in [2.24, 2.45) is 11.1 Å². The first-order valence-corrected chi connectivity index (χ1v) is 5.88. The van der Waals surface area contributed by atoms with Gasteiger partial charge in [-0.2, -0.15) is 0 Å². The topological polar surface area (TPSA) is 69.4 Å². The van der Waals surface area contributed by atoms with Crippen molar-refractivity contribution in [2.75, 3.05) is 19.0 Å². The third-order valence-corrected chi connectivity index (χ3v) is 2.96. The summed E-state index contributed by atoms with van der Waals surface area (Å²) in [6.45, 7) is 1.52. The Hall–Kier alpha value is -0.130. The van der Waals surface area contributed by atoms with Crippen LogP contribution in [-0.2, 0) is 14.8 Å². The molecule has 4 nitrogen and oxygen atoms in total. The summed E-state index contributed by atoms with van der Waals surface area (Å²) in [5, 5.41) is 4.89. The molecular weight excluding hydrogens is 178 g/mol. The number of hydrogen-bond acceptors (Lipinski definition) is 3. The minimum Gasteiger partial charge on any atom is -0.381 e. The lowest BCUT2D eigenvalue weighted by Crippen LogP contribution is -2.22. The van der Waals surface area contributed by atoms with Gasteiger partial charge < -0.3 is 4.74 Å². The van der Waals surface area contributed by atoms with E-state index in [1.54, 1.807) is 0 Å². The SMILES string of the molecule is NS(=O)(=O)CCC1CCOCC1. The van der Waals surface area contributed by atoms with Crippen LogP contribution in [0.4, 0.5) is 0 Å². The molecular formula is C7H15NO3S. The molecule has 0 radical (unpaired) electrons. The predicted molar refractivity (Wildman–Crippen MR) is 46.1 cm³/mol. The highest BCUT2D eigenvalue weighted by Gasteiger charge is 2.15. The van der Waals surface area contributed by atoms with Crippen molar-refractivity contribution >= 4 is 10.0 Å². The Morgan fingerprint density at radius 1 is 1.33 bits per heavy atom. The van der Waals surface area contributed by atoms with Crippen LogP contribution in [0.3, 0.4) is 0 Å². The molecule has 0 aliphatic carbocycles. The highest BCUT2D eigenvalue weighted by molar-refractivity contribution is 7.89. The smallest absolute Gasteiger partial charge is 0.209 e. The van der Waals surface area contributed by atoms with E-state index in [1.807, 2.05) is 0 Å². The standard InChI is InChI=1S/C7H15NO3S/c8-12(9,10)6-3-7-1-4-11-5-2-7/h7H,1-6H2,(H2,8,9,10). The third kappa shape index (κ3) is 4.04. The molecule has 1 saturated heterocycles. The van der Waals surface area contributed by atoms with Crippen molar-refractivity contribution < 1.29 is 13.2 Å². The summed E-state index contributed by atoms with van der Waals surface area (Å²) in [5.74, 6) is 0.592. The second-order valence-electron chi connectivity index (χ2n) is 3.21. The van der Waals surface area contributed by atoms with Crippen LogP contribution in [-0.4, -0.2) is 27.4 Å². The fraction of sp³-hybridized carbons (Fsp3) is 1.00. The minimum absolute atomic E-state index is 0.109. The van der Waals surface area contributed by atoms with Crippen LogP contribution in [0.2, 0.25) is 0 Å². The maximum absolute atomic E-state index is 10.6. The van der Waals surface area contributed by atoms with Gasteiger partial charge in [-0.15, -0.1) is 0 Å². The molecule has 0 aromatic carbocycles. The summed E-state index contributed by atoms with van der Waals surface area (Å²) >= 11 is 0. The van der Waals surface area contributed by atoms with Crippen LogP contribution in [0, 0.1) is 5.92 Å². The van der Waals surface area contributed by atoms with E-state index in [0.717, 1.165) is 26.1 Å². The van der Waals surface area contributed by atoms with Gasteiger partial charge in [-0.05, 0) is 25.2 Å². The van der Waals surface area contributed by atoms with Crippen molar-refractivity contribution in [1.82, 2.24) is 0 Å². The lowest BCUT2D eigenvalue weighted by molar-refractivity contribution is 0.0656. The molecule has 0 bridgehead atoms. The molecule has 1 fully saturated rings. The molecule has 0 spiro atoms. The zero-order valence-electron chi connectivity index (χ0n) is 7.03. The molecule has 0 aromatic heterocycles. The number of hydrogen-bond donors (Lipinski definition) is 1. The molecule has 0 saturated carbocycles. The molecule has 0 unspecified atom stereocenters. The van der Waals surface area contributed by atoms with Crippen molar-refractivity contribution in [3.8, 4) is 0 Å². The van der Waals surface area contributed by atoms with Gasteiger partial charge in [0.25, 0.3) is 0 Å². The van der Waals surface area contributed by atoms with Gasteiger partial charge in [-0.1, -0.05) is 0 Å². The van der Waals surface area contributed by atoms with Gasteiger partial charge in [0.05, 0.1) is 5.75 Å². The molecule has 1 heterocycles. The van der Waals surface area contributed by atoms with E-state index < -0.39 is 10.0 Å². The van der Waals surface area contributed by atoms with E-state index in [1.165, 1.54) is 0 Å². The molecule has 0 amide bonds. The second kappa shape index (κ2) is 4.20. The molecule has 12 heavy (non-hydrogen) atoms. The van der Waals surface area contributed by atoms with Gasteiger partial charge in [0.2, 0.25) is 10.0 Å². The fourth-order valence-corrected chi connectivity index (χ4v) is 2.03.